The number of piperidine rings is 1. The number of anilines is 2. The predicted molar refractivity (Wildman–Crippen MR) is 117 cm³/mol. The van der Waals surface area contributed by atoms with E-state index in [1.165, 1.54) is 17.5 Å². The van der Waals surface area contributed by atoms with Crippen LogP contribution < -0.4 is 15.4 Å². The zero-order valence-electron chi connectivity index (χ0n) is 15.4. The van der Waals surface area contributed by atoms with Crippen LogP contribution in [0, 0.1) is 0 Å². The van der Waals surface area contributed by atoms with Crippen LogP contribution in [0.25, 0.3) is 0 Å². The van der Waals surface area contributed by atoms with Crippen LogP contribution in [-0.2, 0) is 10.0 Å². The van der Waals surface area contributed by atoms with Gasteiger partial charge in [-0.25, -0.2) is 8.42 Å². The van der Waals surface area contributed by atoms with Crippen molar-refractivity contribution in [2.75, 3.05) is 30.8 Å². The predicted octanol–water partition coefficient (Wildman–Crippen LogP) is 4.33. The first-order valence-electron chi connectivity index (χ1n) is 8.92. The summed E-state index contributed by atoms with van der Waals surface area (Å²) in [4.78, 5) is 0.210. The Morgan fingerprint density at radius 1 is 1.07 bits per heavy atom. The van der Waals surface area contributed by atoms with Crippen molar-refractivity contribution in [2.24, 2.45) is 0 Å². The minimum atomic E-state index is -3.53. The summed E-state index contributed by atoms with van der Waals surface area (Å²) in [6.07, 6.45) is 2.84. The quantitative estimate of drug-likeness (QED) is 0.675. The highest BCUT2D eigenvalue weighted by Gasteiger charge is 2.26. The second-order valence-corrected chi connectivity index (χ2v) is 9.14. The van der Waals surface area contributed by atoms with Gasteiger partial charge in [0.15, 0.2) is 5.11 Å². The molecule has 1 saturated heterocycles. The fourth-order valence-electron chi connectivity index (χ4n) is 3.03. The number of thiocarbonyl (C=S) groups is 1. The first kappa shape index (κ1) is 20.9. The van der Waals surface area contributed by atoms with Crippen molar-refractivity contribution in [2.45, 2.75) is 24.2 Å². The van der Waals surface area contributed by atoms with Crippen LogP contribution in [0.4, 0.5) is 11.4 Å². The lowest BCUT2D eigenvalue weighted by atomic mass is 10.2. The van der Waals surface area contributed by atoms with Gasteiger partial charge in [-0.1, -0.05) is 30.2 Å². The molecule has 2 aromatic rings. The largest absolute Gasteiger partial charge is 0.495 e. The fourth-order valence-corrected chi connectivity index (χ4v) is 4.96. The Morgan fingerprint density at radius 2 is 1.75 bits per heavy atom. The molecule has 2 N–H and O–H groups in total. The molecule has 28 heavy (non-hydrogen) atoms. The Labute approximate surface area is 175 Å². The van der Waals surface area contributed by atoms with Crippen LogP contribution in [0.15, 0.2) is 47.4 Å². The molecule has 9 heteroatoms. The molecule has 2 aromatic carbocycles. The normalized spacial score (nSPS) is 15.1. The van der Waals surface area contributed by atoms with Gasteiger partial charge in [0.05, 0.1) is 28.4 Å². The van der Waals surface area contributed by atoms with E-state index in [-0.39, 0.29) is 4.90 Å². The Balaban J connectivity index is 1.78. The number of rotatable bonds is 5. The van der Waals surface area contributed by atoms with Crippen molar-refractivity contribution in [3.63, 3.8) is 0 Å². The minimum Gasteiger partial charge on any atom is -0.495 e. The summed E-state index contributed by atoms with van der Waals surface area (Å²) in [5.74, 6) is 0.390. The smallest absolute Gasteiger partial charge is 0.243 e. The third kappa shape index (κ3) is 4.75. The van der Waals surface area contributed by atoms with Crippen LogP contribution in [0.5, 0.6) is 5.75 Å². The molecular weight excluding hydrogens is 418 g/mol. The molecule has 0 spiro atoms. The lowest BCUT2D eigenvalue weighted by molar-refractivity contribution is 0.346. The molecule has 0 aromatic heterocycles. The number of methoxy groups -OCH3 is 1. The van der Waals surface area contributed by atoms with E-state index >= 15 is 0 Å². The van der Waals surface area contributed by atoms with E-state index in [1.807, 2.05) is 18.2 Å². The van der Waals surface area contributed by atoms with E-state index < -0.39 is 10.0 Å². The zero-order valence-corrected chi connectivity index (χ0v) is 17.8. The molecule has 1 heterocycles. The molecule has 1 fully saturated rings. The van der Waals surface area contributed by atoms with Gasteiger partial charge in [-0.05, 0) is 49.3 Å². The molecule has 0 unspecified atom stereocenters. The third-order valence-electron chi connectivity index (χ3n) is 4.50. The number of nitrogens with zero attached hydrogens (tertiary/aromatic N) is 1. The van der Waals surface area contributed by atoms with Crippen molar-refractivity contribution < 1.29 is 13.2 Å². The lowest BCUT2D eigenvalue weighted by Gasteiger charge is -2.26. The summed E-state index contributed by atoms with van der Waals surface area (Å²) >= 11 is 11.5. The molecular formula is C19H22ClN3O3S2. The third-order valence-corrected chi connectivity index (χ3v) is 6.92. The summed E-state index contributed by atoms with van der Waals surface area (Å²) in [5, 5.41) is 6.90. The molecule has 0 aliphatic carbocycles. The second kappa shape index (κ2) is 9.09. The zero-order chi connectivity index (χ0) is 20.1. The molecule has 6 nitrogen and oxygen atoms in total. The average molecular weight is 440 g/mol. The van der Waals surface area contributed by atoms with Gasteiger partial charge >= 0.3 is 0 Å². The van der Waals surface area contributed by atoms with Gasteiger partial charge in [-0.3, -0.25) is 0 Å². The number of benzene rings is 2. The van der Waals surface area contributed by atoms with Crippen molar-refractivity contribution in [1.29, 1.82) is 0 Å². The van der Waals surface area contributed by atoms with Gasteiger partial charge in [0.1, 0.15) is 5.75 Å². The van der Waals surface area contributed by atoms with E-state index in [0.717, 1.165) is 19.3 Å². The highest BCUT2D eigenvalue weighted by molar-refractivity contribution is 7.89. The Hall–Kier alpha value is -1.87. The highest BCUT2D eigenvalue weighted by Crippen LogP contribution is 2.30. The minimum absolute atomic E-state index is 0.210. The van der Waals surface area contributed by atoms with E-state index in [2.05, 4.69) is 10.6 Å². The van der Waals surface area contributed by atoms with Gasteiger partial charge < -0.3 is 15.4 Å². The van der Waals surface area contributed by atoms with Crippen molar-refractivity contribution in [3.8, 4) is 5.75 Å². The number of nitrogens with one attached hydrogen (secondary N) is 2. The number of hydrogen-bond acceptors (Lipinski definition) is 4. The molecule has 0 atom stereocenters. The summed E-state index contributed by atoms with van der Waals surface area (Å²) < 4.78 is 32.6. The molecule has 150 valence electrons. The number of halogens is 1. The van der Waals surface area contributed by atoms with E-state index in [0.29, 0.717) is 40.3 Å². The first-order chi connectivity index (χ1) is 13.4. The second-order valence-electron chi connectivity index (χ2n) is 6.39. The first-order valence-corrected chi connectivity index (χ1v) is 11.1. The van der Waals surface area contributed by atoms with Crippen LogP contribution >= 0.6 is 23.8 Å². The number of ether oxygens (including phenoxy) is 1. The lowest BCUT2D eigenvalue weighted by Crippen LogP contribution is -2.35. The van der Waals surface area contributed by atoms with E-state index in [9.17, 15) is 8.42 Å². The van der Waals surface area contributed by atoms with Gasteiger partial charge in [0, 0.05) is 19.2 Å². The molecule has 0 bridgehead atoms. The van der Waals surface area contributed by atoms with Crippen molar-refractivity contribution >= 4 is 50.3 Å². The molecule has 1 aliphatic heterocycles. The fraction of sp³-hybridized carbons (Fsp3) is 0.316. The standard InChI is InChI=1S/C19H22ClN3O3S2/c1-26-18-13-14(28(24,25)23-11-5-2-6-12-23)9-10-17(18)22-19(27)21-16-8-4-3-7-15(16)20/h3-4,7-10,13H,2,5-6,11-12H2,1H3,(H2,21,22,27). The monoisotopic (exact) mass is 439 g/mol. The Kier molecular flexibility index (Phi) is 6.77. The van der Waals surface area contributed by atoms with E-state index in [4.69, 9.17) is 28.6 Å². The maximum Gasteiger partial charge on any atom is 0.243 e. The van der Waals surface area contributed by atoms with Crippen molar-refractivity contribution in [1.82, 2.24) is 4.31 Å². The molecule has 0 amide bonds. The molecule has 0 radical (unpaired) electrons. The summed E-state index contributed by atoms with van der Waals surface area (Å²) in [6, 6.07) is 12.0. The van der Waals surface area contributed by atoms with Crippen LogP contribution in [0.1, 0.15) is 19.3 Å². The number of hydrogen-bond donors (Lipinski definition) is 2. The molecule has 1 aliphatic rings. The molecule has 0 saturated carbocycles. The highest BCUT2D eigenvalue weighted by atomic mass is 35.5. The Bertz CT molecular complexity index is 961. The summed E-state index contributed by atoms with van der Waals surface area (Å²) in [7, 11) is -2.05. The molecule has 3 rings (SSSR count). The van der Waals surface area contributed by atoms with Gasteiger partial charge in [-0.2, -0.15) is 4.31 Å². The van der Waals surface area contributed by atoms with E-state index in [1.54, 1.807) is 18.2 Å². The van der Waals surface area contributed by atoms with Crippen LogP contribution in [0.3, 0.4) is 0 Å². The van der Waals surface area contributed by atoms with Crippen LogP contribution in [0.2, 0.25) is 5.02 Å². The summed E-state index contributed by atoms with van der Waals surface area (Å²) in [5.41, 5.74) is 1.23. The maximum absolute atomic E-state index is 12.9. The topological polar surface area (TPSA) is 70.7 Å². The number of para-hydroxylation sites is 1. The van der Waals surface area contributed by atoms with Crippen molar-refractivity contribution in [3.05, 3.63) is 47.5 Å². The Morgan fingerprint density at radius 3 is 2.43 bits per heavy atom. The maximum atomic E-state index is 12.9. The summed E-state index contributed by atoms with van der Waals surface area (Å²) in [6.45, 7) is 1.10. The number of sulfonamides is 1. The van der Waals surface area contributed by atoms with Gasteiger partial charge in [0.25, 0.3) is 0 Å². The van der Waals surface area contributed by atoms with Gasteiger partial charge in [-0.15, -0.1) is 0 Å². The van der Waals surface area contributed by atoms with Gasteiger partial charge in [0.2, 0.25) is 10.0 Å². The van der Waals surface area contributed by atoms with Crippen LogP contribution in [-0.4, -0.2) is 38.0 Å². The average Bonchev–Trinajstić information content (AvgIpc) is 2.70. The SMILES string of the molecule is COc1cc(S(=O)(=O)N2CCCCC2)ccc1NC(=S)Nc1ccccc1Cl.